The zero-order chi connectivity index (χ0) is 21.4. The molecule has 4 amide bonds. The number of para-hydroxylation sites is 1. The number of benzene rings is 2. The Balaban J connectivity index is 1.45. The number of nitrogens with one attached hydrogen (secondary N) is 1. The molecule has 0 saturated carbocycles. The van der Waals surface area contributed by atoms with E-state index in [1.54, 1.807) is 26.0 Å². The van der Waals surface area contributed by atoms with Crippen molar-refractivity contribution in [3.8, 4) is 0 Å². The van der Waals surface area contributed by atoms with Gasteiger partial charge in [-0.3, -0.25) is 19.4 Å². The largest absolute Gasteiger partial charge is 0.459 e. The van der Waals surface area contributed by atoms with Crippen molar-refractivity contribution in [2.24, 2.45) is 0 Å². The number of imide groups is 1. The number of amides is 4. The number of rotatable bonds is 5. The third-order valence-electron chi connectivity index (χ3n) is 5.31. The summed E-state index contributed by atoms with van der Waals surface area (Å²) in [5.74, 6) is -0.215. The fourth-order valence-corrected chi connectivity index (χ4v) is 3.63. The van der Waals surface area contributed by atoms with Gasteiger partial charge in [0.2, 0.25) is 5.91 Å². The molecule has 7 heteroatoms. The second-order valence-electron chi connectivity index (χ2n) is 7.56. The van der Waals surface area contributed by atoms with Crippen LogP contribution < -0.4 is 10.2 Å². The van der Waals surface area contributed by atoms with E-state index < -0.39 is 29.9 Å². The SMILES string of the molecule is Cc1ccc(N2C(=O)N(CC(=O)N[C@H](C)c3cc4ccccc4o3)C(=O)[C@@H]2C)cc1. The van der Waals surface area contributed by atoms with E-state index in [9.17, 15) is 14.4 Å². The Hall–Kier alpha value is -3.61. The molecule has 0 aliphatic carbocycles. The zero-order valence-electron chi connectivity index (χ0n) is 17.1. The minimum atomic E-state index is -0.666. The van der Waals surface area contributed by atoms with Gasteiger partial charge in [0.15, 0.2) is 0 Å². The number of carbonyl (C=O) groups is 3. The Labute approximate surface area is 174 Å². The first-order valence-corrected chi connectivity index (χ1v) is 9.84. The molecule has 1 N–H and O–H groups in total. The van der Waals surface area contributed by atoms with Crippen molar-refractivity contribution in [3.05, 3.63) is 65.9 Å². The molecule has 3 aromatic rings. The molecule has 1 saturated heterocycles. The molecule has 7 nitrogen and oxygen atoms in total. The van der Waals surface area contributed by atoms with Crippen molar-refractivity contribution in [1.82, 2.24) is 10.2 Å². The van der Waals surface area contributed by atoms with Gasteiger partial charge in [-0.2, -0.15) is 0 Å². The molecule has 1 aromatic heterocycles. The molecule has 154 valence electrons. The summed E-state index contributed by atoms with van der Waals surface area (Å²) in [6.45, 7) is 5.07. The first-order valence-electron chi connectivity index (χ1n) is 9.84. The van der Waals surface area contributed by atoms with Gasteiger partial charge in [-0.15, -0.1) is 0 Å². The van der Waals surface area contributed by atoms with Gasteiger partial charge in [0.1, 0.15) is 23.9 Å². The Morgan fingerprint density at radius 1 is 1.13 bits per heavy atom. The summed E-state index contributed by atoms with van der Waals surface area (Å²) < 4.78 is 5.77. The molecule has 0 radical (unpaired) electrons. The first-order chi connectivity index (χ1) is 14.3. The summed E-state index contributed by atoms with van der Waals surface area (Å²) >= 11 is 0. The Kier molecular flexibility index (Phi) is 5.03. The smallest absolute Gasteiger partial charge is 0.332 e. The van der Waals surface area contributed by atoms with Crippen LogP contribution in [0.4, 0.5) is 10.5 Å². The van der Waals surface area contributed by atoms with Crippen LogP contribution in [0.1, 0.15) is 31.2 Å². The van der Waals surface area contributed by atoms with E-state index in [-0.39, 0.29) is 6.54 Å². The lowest BCUT2D eigenvalue weighted by molar-refractivity contribution is -0.132. The van der Waals surface area contributed by atoms with Gasteiger partial charge in [-0.25, -0.2) is 4.79 Å². The highest BCUT2D eigenvalue weighted by Crippen LogP contribution is 2.26. The van der Waals surface area contributed by atoms with Crippen LogP contribution >= 0.6 is 0 Å². The maximum absolute atomic E-state index is 12.9. The average Bonchev–Trinajstić information content (AvgIpc) is 3.24. The third kappa shape index (κ3) is 3.54. The van der Waals surface area contributed by atoms with E-state index in [0.29, 0.717) is 11.4 Å². The van der Waals surface area contributed by atoms with E-state index in [1.165, 1.54) is 4.90 Å². The number of anilines is 1. The third-order valence-corrected chi connectivity index (χ3v) is 5.31. The molecule has 1 aliphatic rings. The lowest BCUT2D eigenvalue weighted by Crippen LogP contribution is -2.42. The lowest BCUT2D eigenvalue weighted by Gasteiger charge is -2.19. The van der Waals surface area contributed by atoms with Gasteiger partial charge in [-0.05, 0) is 45.0 Å². The van der Waals surface area contributed by atoms with Crippen LogP contribution in [0, 0.1) is 6.92 Å². The van der Waals surface area contributed by atoms with Gasteiger partial charge >= 0.3 is 6.03 Å². The highest BCUT2D eigenvalue weighted by molar-refractivity contribution is 6.15. The summed E-state index contributed by atoms with van der Waals surface area (Å²) in [5.41, 5.74) is 2.42. The monoisotopic (exact) mass is 405 g/mol. The van der Waals surface area contributed by atoms with E-state index in [4.69, 9.17) is 4.42 Å². The van der Waals surface area contributed by atoms with Crippen molar-refractivity contribution in [2.45, 2.75) is 32.9 Å². The standard InChI is InChI=1S/C23H23N3O4/c1-14-8-10-18(11-9-14)26-16(3)22(28)25(23(26)29)13-21(27)24-15(2)20-12-17-6-4-5-7-19(17)30-20/h4-12,15-16H,13H2,1-3H3,(H,24,27)/t15-,16+/m1/s1. The number of fused-ring (bicyclic) bond motifs is 1. The minimum absolute atomic E-state index is 0.338. The minimum Gasteiger partial charge on any atom is -0.459 e. The molecule has 1 aliphatic heterocycles. The summed E-state index contributed by atoms with van der Waals surface area (Å²) in [5, 5.41) is 3.75. The second-order valence-corrected chi connectivity index (χ2v) is 7.56. The fourth-order valence-electron chi connectivity index (χ4n) is 3.63. The molecule has 2 heterocycles. The van der Waals surface area contributed by atoms with Gasteiger partial charge in [0.25, 0.3) is 5.91 Å². The molecule has 2 aromatic carbocycles. The predicted molar refractivity (Wildman–Crippen MR) is 113 cm³/mol. The molecule has 4 rings (SSSR count). The highest BCUT2D eigenvalue weighted by Gasteiger charge is 2.44. The molecule has 0 spiro atoms. The Bertz CT molecular complexity index is 1090. The normalized spacial score (nSPS) is 17.6. The van der Waals surface area contributed by atoms with Crippen molar-refractivity contribution >= 4 is 34.5 Å². The number of furan rings is 1. The first kappa shape index (κ1) is 19.7. The molecule has 30 heavy (non-hydrogen) atoms. The summed E-state index contributed by atoms with van der Waals surface area (Å²) in [6.07, 6.45) is 0. The molecule has 0 bridgehead atoms. The van der Waals surface area contributed by atoms with Crippen LogP contribution in [-0.4, -0.2) is 35.3 Å². The van der Waals surface area contributed by atoms with Crippen LogP contribution in [-0.2, 0) is 9.59 Å². The number of aryl methyl sites for hydroxylation is 1. The maximum atomic E-state index is 12.9. The molecule has 2 atom stereocenters. The number of carbonyl (C=O) groups excluding carboxylic acids is 3. The van der Waals surface area contributed by atoms with Crippen molar-refractivity contribution in [2.75, 3.05) is 11.4 Å². The second kappa shape index (κ2) is 7.67. The van der Waals surface area contributed by atoms with Crippen LogP contribution in [0.2, 0.25) is 0 Å². The average molecular weight is 405 g/mol. The number of urea groups is 1. The maximum Gasteiger partial charge on any atom is 0.332 e. The van der Waals surface area contributed by atoms with E-state index >= 15 is 0 Å². The van der Waals surface area contributed by atoms with E-state index in [2.05, 4.69) is 5.32 Å². The Morgan fingerprint density at radius 3 is 2.53 bits per heavy atom. The van der Waals surface area contributed by atoms with Crippen molar-refractivity contribution in [3.63, 3.8) is 0 Å². The summed E-state index contributed by atoms with van der Waals surface area (Å²) in [6, 6.07) is 15.2. The van der Waals surface area contributed by atoms with Crippen molar-refractivity contribution < 1.29 is 18.8 Å². The summed E-state index contributed by atoms with van der Waals surface area (Å²) in [4.78, 5) is 40.5. The van der Waals surface area contributed by atoms with Gasteiger partial charge in [0.05, 0.1) is 6.04 Å². The molecule has 1 fully saturated rings. The van der Waals surface area contributed by atoms with Gasteiger partial charge in [0, 0.05) is 11.1 Å². The van der Waals surface area contributed by atoms with E-state index in [0.717, 1.165) is 21.4 Å². The highest BCUT2D eigenvalue weighted by atomic mass is 16.3. The quantitative estimate of drug-likeness (QED) is 0.655. The lowest BCUT2D eigenvalue weighted by atomic mass is 10.2. The Morgan fingerprint density at radius 2 is 1.83 bits per heavy atom. The molecular weight excluding hydrogens is 382 g/mol. The predicted octanol–water partition coefficient (Wildman–Crippen LogP) is 3.78. The fraction of sp³-hybridized carbons (Fsp3) is 0.261. The van der Waals surface area contributed by atoms with Crippen LogP contribution in [0.5, 0.6) is 0 Å². The number of hydrogen-bond donors (Lipinski definition) is 1. The van der Waals surface area contributed by atoms with Gasteiger partial charge in [-0.1, -0.05) is 35.9 Å². The van der Waals surface area contributed by atoms with Crippen LogP contribution in [0.3, 0.4) is 0 Å². The number of nitrogens with zero attached hydrogens (tertiary/aromatic N) is 2. The van der Waals surface area contributed by atoms with E-state index in [1.807, 2.05) is 49.4 Å². The van der Waals surface area contributed by atoms with Crippen LogP contribution in [0.25, 0.3) is 11.0 Å². The topological polar surface area (TPSA) is 82.9 Å². The molecular formula is C23H23N3O4. The molecule has 0 unspecified atom stereocenters. The summed E-state index contributed by atoms with van der Waals surface area (Å²) in [7, 11) is 0. The van der Waals surface area contributed by atoms with Crippen molar-refractivity contribution in [1.29, 1.82) is 0 Å². The number of hydrogen-bond acceptors (Lipinski definition) is 4. The van der Waals surface area contributed by atoms with Crippen LogP contribution in [0.15, 0.2) is 59.0 Å². The zero-order valence-corrected chi connectivity index (χ0v) is 17.1. The van der Waals surface area contributed by atoms with Gasteiger partial charge < -0.3 is 9.73 Å².